The van der Waals surface area contributed by atoms with Gasteiger partial charge in [-0.15, -0.1) is 0 Å². The second kappa shape index (κ2) is 3.46. The predicted octanol–water partition coefficient (Wildman–Crippen LogP) is 0.885. The van der Waals surface area contributed by atoms with Crippen molar-refractivity contribution < 1.29 is 17.5 Å². The van der Waals surface area contributed by atoms with Gasteiger partial charge in [-0.25, -0.2) is 17.5 Å². The van der Waals surface area contributed by atoms with E-state index < -0.39 is 20.7 Å². The first-order valence-corrected chi connectivity index (χ1v) is 5.92. The van der Waals surface area contributed by atoms with Crippen LogP contribution in [-0.2, 0) is 10.0 Å². The van der Waals surface area contributed by atoms with Crippen LogP contribution in [0.5, 0.6) is 5.75 Å². The molecule has 2 rings (SSSR count). The summed E-state index contributed by atoms with van der Waals surface area (Å²) >= 11 is 0. The van der Waals surface area contributed by atoms with Crippen molar-refractivity contribution in [1.29, 1.82) is 0 Å². The van der Waals surface area contributed by atoms with Gasteiger partial charge in [0.2, 0.25) is 10.0 Å². The van der Waals surface area contributed by atoms with Crippen molar-refractivity contribution in [3.05, 3.63) is 24.0 Å². The van der Waals surface area contributed by atoms with Crippen LogP contribution in [0, 0.1) is 5.82 Å². The zero-order valence-electron chi connectivity index (χ0n) is 8.03. The van der Waals surface area contributed by atoms with Crippen LogP contribution in [-0.4, -0.2) is 21.1 Å². The van der Waals surface area contributed by atoms with E-state index in [9.17, 15) is 12.8 Å². The highest BCUT2D eigenvalue weighted by atomic mass is 32.2. The number of nitrogens with one attached hydrogen (secondary N) is 1. The Labute approximate surface area is 87.1 Å². The number of sulfonamides is 1. The third-order valence-corrected chi connectivity index (χ3v) is 3.69. The summed E-state index contributed by atoms with van der Waals surface area (Å²) in [4.78, 5) is -0.408. The molecule has 6 heteroatoms. The number of ether oxygens (including phenoxy) is 1. The van der Waals surface area contributed by atoms with Crippen molar-refractivity contribution in [3.8, 4) is 5.75 Å². The normalized spacial score (nSPS) is 23.7. The van der Waals surface area contributed by atoms with Gasteiger partial charge < -0.3 is 4.74 Å². The Bertz CT molecular complexity index is 486. The molecule has 1 atom stereocenters. The summed E-state index contributed by atoms with van der Waals surface area (Å²) in [6, 6.07) is 3.58. The summed E-state index contributed by atoms with van der Waals surface area (Å²) in [5.74, 6) is -0.735. The number of hydrogen-bond acceptors (Lipinski definition) is 3. The second-order valence-corrected chi connectivity index (χ2v) is 5.05. The number of fused-ring (bicyclic) bond motifs is 1. The third-order valence-electron chi connectivity index (χ3n) is 2.04. The van der Waals surface area contributed by atoms with Crippen molar-refractivity contribution in [3.63, 3.8) is 0 Å². The topological polar surface area (TPSA) is 55.4 Å². The van der Waals surface area contributed by atoms with Gasteiger partial charge >= 0.3 is 0 Å². The van der Waals surface area contributed by atoms with Crippen molar-refractivity contribution in [1.82, 2.24) is 4.72 Å². The maximum atomic E-state index is 13.4. The monoisotopic (exact) mass is 231 g/mol. The Morgan fingerprint density at radius 3 is 3.00 bits per heavy atom. The molecule has 1 N–H and O–H groups in total. The molecule has 15 heavy (non-hydrogen) atoms. The molecule has 1 aliphatic rings. The molecular formula is C9H10FNO3S. The lowest BCUT2D eigenvalue weighted by Gasteiger charge is -2.07. The number of benzene rings is 1. The molecule has 0 saturated heterocycles. The number of rotatable bonds is 0. The number of halogens is 1. The molecule has 0 fully saturated rings. The molecule has 1 aliphatic heterocycles. The molecule has 0 saturated carbocycles. The van der Waals surface area contributed by atoms with Crippen LogP contribution in [0.3, 0.4) is 0 Å². The summed E-state index contributed by atoms with van der Waals surface area (Å²) in [5, 5.41) is 0. The molecule has 0 spiro atoms. The SMILES string of the molecule is CC1COc2cccc(F)c2S(=O)(=O)N1. The zero-order valence-corrected chi connectivity index (χ0v) is 8.84. The van der Waals surface area contributed by atoms with Crippen LogP contribution in [0.25, 0.3) is 0 Å². The van der Waals surface area contributed by atoms with E-state index >= 15 is 0 Å². The number of hydrogen-bond donors (Lipinski definition) is 1. The van der Waals surface area contributed by atoms with E-state index in [0.717, 1.165) is 6.07 Å². The van der Waals surface area contributed by atoms with Gasteiger partial charge in [-0.2, -0.15) is 0 Å². The van der Waals surface area contributed by atoms with Crippen molar-refractivity contribution >= 4 is 10.0 Å². The molecule has 0 bridgehead atoms. The largest absolute Gasteiger partial charge is 0.490 e. The molecule has 82 valence electrons. The van der Waals surface area contributed by atoms with E-state index in [-0.39, 0.29) is 18.4 Å². The molecular weight excluding hydrogens is 221 g/mol. The van der Waals surface area contributed by atoms with Crippen LogP contribution in [0.2, 0.25) is 0 Å². The average molecular weight is 231 g/mol. The molecule has 0 aliphatic carbocycles. The molecule has 1 unspecified atom stereocenters. The van der Waals surface area contributed by atoms with E-state index in [1.165, 1.54) is 12.1 Å². The quantitative estimate of drug-likeness (QED) is 0.721. The van der Waals surface area contributed by atoms with Crippen molar-refractivity contribution in [2.24, 2.45) is 0 Å². The fraction of sp³-hybridized carbons (Fsp3) is 0.333. The third kappa shape index (κ3) is 1.82. The van der Waals surface area contributed by atoms with Crippen LogP contribution >= 0.6 is 0 Å². The van der Waals surface area contributed by atoms with Crippen LogP contribution in [0.15, 0.2) is 23.1 Å². The summed E-state index contributed by atoms with van der Waals surface area (Å²) in [7, 11) is -3.81. The van der Waals surface area contributed by atoms with E-state index in [0.29, 0.717) is 0 Å². The minimum absolute atomic E-state index is 0.0619. The second-order valence-electron chi connectivity index (χ2n) is 3.40. The first-order valence-electron chi connectivity index (χ1n) is 4.44. The first kappa shape index (κ1) is 10.4. The van der Waals surface area contributed by atoms with Gasteiger partial charge in [0.05, 0.1) is 6.04 Å². The summed E-state index contributed by atoms with van der Waals surface area (Å²) in [6.45, 7) is 1.84. The van der Waals surface area contributed by atoms with Crippen molar-refractivity contribution in [2.75, 3.05) is 6.61 Å². The van der Waals surface area contributed by atoms with E-state index in [1.54, 1.807) is 6.92 Å². The van der Waals surface area contributed by atoms with Crippen LogP contribution < -0.4 is 9.46 Å². The Morgan fingerprint density at radius 2 is 2.27 bits per heavy atom. The molecule has 1 aromatic carbocycles. The van der Waals surface area contributed by atoms with Crippen LogP contribution in [0.1, 0.15) is 6.92 Å². The van der Waals surface area contributed by atoms with Gasteiger partial charge in [0.1, 0.15) is 18.2 Å². The molecule has 0 radical (unpaired) electrons. The first-order chi connectivity index (χ1) is 7.00. The van der Waals surface area contributed by atoms with Gasteiger partial charge in [0.25, 0.3) is 0 Å². The van der Waals surface area contributed by atoms with Gasteiger partial charge in [-0.05, 0) is 19.1 Å². The molecule has 0 aromatic heterocycles. The van der Waals surface area contributed by atoms with E-state index in [4.69, 9.17) is 4.74 Å². The highest BCUT2D eigenvalue weighted by Gasteiger charge is 2.29. The average Bonchev–Trinajstić information content (AvgIpc) is 2.23. The van der Waals surface area contributed by atoms with Crippen molar-refractivity contribution in [2.45, 2.75) is 17.9 Å². The fourth-order valence-electron chi connectivity index (χ4n) is 1.44. The Balaban J connectivity index is 2.65. The molecule has 4 nitrogen and oxygen atoms in total. The van der Waals surface area contributed by atoms with E-state index in [2.05, 4.69) is 4.72 Å². The van der Waals surface area contributed by atoms with Gasteiger partial charge in [0, 0.05) is 0 Å². The fourth-order valence-corrected chi connectivity index (χ4v) is 2.87. The highest BCUT2D eigenvalue weighted by Crippen LogP contribution is 2.28. The Morgan fingerprint density at radius 1 is 1.53 bits per heavy atom. The Hall–Kier alpha value is -1.14. The summed E-state index contributed by atoms with van der Waals surface area (Å²) in [5.41, 5.74) is 0. The molecule has 1 aromatic rings. The maximum absolute atomic E-state index is 13.4. The predicted molar refractivity (Wildman–Crippen MR) is 51.7 cm³/mol. The molecule has 1 heterocycles. The van der Waals surface area contributed by atoms with Gasteiger partial charge in [0.15, 0.2) is 4.90 Å². The summed E-state index contributed by atoms with van der Waals surface area (Å²) < 4.78 is 44.3. The summed E-state index contributed by atoms with van der Waals surface area (Å²) in [6.07, 6.45) is 0. The highest BCUT2D eigenvalue weighted by molar-refractivity contribution is 7.89. The lowest BCUT2D eigenvalue weighted by Crippen LogP contribution is -2.34. The zero-order chi connectivity index (χ0) is 11.1. The standard InChI is InChI=1S/C9H10FNO3S/c1-6-5-14-8-4-2-3-7(10)9(8)15(12,13)11-6/h2-4,6,11H,5H2,1H3. The van der Waals surface area contributed by atoms with E-state index in [1.807, 2.05) is 0 Å². The maximum Gasteiger partial charge on any atom is 0.247 e. The van der Waals surface area contributed by atoms with Gasteiger partial charge in [-0.1, -0.05) is 6.07 Å². The van der Waals surface area contributed by atoms with Crippen LogP contribution in [0.4, 0.5) is 4.39 Å². The minimum atomic E-state index is -3.81. The lowest BCUT2D eigenvalue weighted by atomic mass is 10.3. The van der Waals surface area contributed by atoms with Gasteiger partial charge in [-0.3, -0.25) is 0 Å². The lowest BCUT2D eigenvalue weighted by molar-refractivity contribution is 0.286. The molecule has 0 amide bonds. The minimum Gasteiger partial charge on any atom is -0.490 e. The smallest absolute Gasteiger partial charge is 0.247 e. The Kier molecular flexibility index (Phi) is 2.40.